The van der Waals surface area contributed by atoms with Crippen LogP contribution in [0.5, 0.6) is 5.75 Å². The van der Waals surface area contributed by atoms with Crippen LogP contribution in [-0.4, -0.2) is 19.9 Å². The Kier molecular flexibility index (Phi) is 3.94. The summed E-state index contributed by atoms with van der Waals surface area (Å²) in [6.45, 7) is 2.27. The largest absolute Gasteiger partial charge is 0.485 e. The second-order valence-corrected chi connectivity index (χ2v) is 4.05. The number of ether oxygens (including phenoxy) is 1. The van der Waals surface area contributed by atoms with Crippen LogP contribution in [0.1, 0.15) is 30.8 Å². The standard InChI is InChI=1S/C13H17N3O2/c1-3-11(17)10-6-4-5-7-12(10)18-8-13-14-9-15-16(13)2/h4-7,9,11,17H,3,8H2,1-2H3. The van der Waals surface area contributed by atoms with E-state index in [4.69, 9.17) is 4.74 Å². The predicted molar refractivity (Wildman–Crippen MR) is 67.0 cm³/mol. The molecule has 18 heavy (non-hydrogen) atoms. The molecule has 1 heterocycles. The fraction of sp³-hybridized carbons (Fsp3) is 0.385. The zero-order valence-corrected chi connectivity index (χ0v) is 10.6. The molecule has 0 aliphatic rings. The molecule has 1 atom stereocenters. The van der Waals surface area contributed by atoms with Gasteiger partial charge in [0.25, 0.3) is 0 Å². The average Bonchev–Trinajstić information content (AvgIpc) is 2.81. The van der Waals surface area contributed by atoms with Crippen LogP contribution < -0.4 is 4.74 Å². The van der Waals surface area contributed by atoms with Gasteiger partial charge in [-0.1, -0.05) is 25.1 Å². The van der Waals surface area contributed by atoms with Gasteiger partial charge in [0.2, 0.25) is 0 Å². The Bertz CT molecular complexity index is 510. The van der Waals surface area contributed by atoms with E-state index in [1.807, 2.05) is 38.2 Å². The molecular formula is C13H17N3O2. The van der Waals surface area contributed by atoms with Crippen molar-refractivity contribution in [3.05, 3.63) is 42.0 Å². The van der Waals surface area contributed by atoms with Gasteiger partial charge in [-0.05, 0) is 12.5 Å². The summed E-state index contributed by atoms with van der Waals surface area (Å²) in [6, 6.07) is 7.51. The number of aryl methyl sites for hydroxylation is 1. The molecule has 2 aromatic rings. The Hall–Kier alpha value is -1.88. The number of aliphatic hydroxyl groups excluding tert-OH is 1. The van der Waals surface area contributed by atoms with Crippen LogP contribution in [0.15, 0.2) is 30.6 Å². The van der Waals surface area contributed by atoms with E-state index in [-0.39, 0.29) is 0 Å². The smallest absolute Gasteiger partial charge is 0.164 e. The fourth-order valence-corrected chi connectivity index (χ4v) is 1.70. The monoisotopic (exact) mass is 247 g/mol. The number of benzene rings is 1. The third-order valence-corrected chi connectivity index (χ3v) is 2.83. The average molecular weight is 247 g/mol. The van der Waals surface area contributed by atoms with Gasteiger partial charge in [0.15, 0.2) is 5.82 Å². The SMILES string of the molecule is CCC(O)c1ccccc1OCc1ncnn1C. The number of hydrogen-bond acceptors (Lipinski definition) is 4. The number of nitrogens with zero attached hydrogens (tertiary/aromatic N) is 3. The van der Waals surface area contributed by atoms with Crippen LogP contribution >= 0.6 is 0 Å². The van der Waals surface area contributed by atoms with Gasteiger partial charge in [-0.25, -0.2) is 4.98 Å². The first-order valence-electron chi connectivity index (χ1n) is 5.95. The molecule has 0 aliphatic heterocycles. The first-order chi connectivity index (χ1) is 8.72. The van der Waals surface area contributed by atoms with Crippen LogP contribution in [-0.2, 0) is 13.7 Å². The maximum Gasteiger partial charge on any atom is 0.164 e. The summed E-state index contributed by atoms with van der Waals surface area (Å²) in [7, 11) is 1.82. The van der Waals surface area contributed by atoms with Crippen LogP contribution in [0.25, 0.3) is 0 Å². The molecule has 1 unspecified atom stereocenters. The highest BCUT2D eigenvalue weighted by Crippen LogP contribution is 2.27. The summed E-state index contributed by atoms with van der Waals surface area (Å²) in [5.74, 6) is 1.44. The first kappa shape index (κ1) is 12.6. The molecule has 1 N–H and O–H groups in total. The third kappa shape index (κ3) is 2.68. The summed E-state index contributed by atoms with van der Waals surface area (Å²) < 4.78 is 7.37. The minimum Gasteiger partial charge on any atom is -0.485 e. The Morgan fingerprint density at radius 3 is 2.83 bits per heavy atom. The Balaban J connectivity index is 2.12. The lowest BCUT2D eigenvalue weighted by molar-refractivity contribution is 0.165. The molecule has 0 bridgehead atoms. The first-order valence-corrected chi connectivity index (χ1v) is 5.95. The lowest BCUT2D eigenvalue weighted by Crippen LogP contribution is -2.06. The predicted octanol–water partition coefficient (Wildman–Crippen LogP) is 1.84. The highest BCUT2D eigenvalue weighted by Gasteiger charge is 2.11. The number of rotatable bonds is 5. The topological polar surface area (TPSA) is 60.2 Å². The van der Waals surface area contributed by atoms with Gasteiger partial charge < -0.3 is 9.84 Å². The molecule has 0 radical (unpaired) electrons. The summed E-state index contributed by atoms with van der Waals surface area (Å²) in [6.07, 6.45) is 1.65. The van der Waals surface area contributed by atoms with Gasteiger partial charge in [-0.15, -0.1) is 0 Å². The van der Waals surface area contributed by atoms with Crippen molar-refractivity contribution in [2.24, 2.45) is 7.05 Å². The van der Waals surface area contributed by atoms with Gasteiger partial charge in [0, 0.05) is 12.6 Å². The van der Waals surface area contributed by atoms with Gasteiger partial charge in [-0.3, -0.25) is 4.68 Å². The Morgan fingerprint density at radius 2 is 2.17 bits per heavy atom. The number of aliphatic hydroxyl groups is 1. The number of para-hydroxylation sites is 1. The minimum absolute atomic E-state index is 0.337. The lowest BCUT2D eigenvalue weighted by atomic mass is 10.1. The minimum atomic E-state index is -0.499. The molecule has 1 aromatic carbocycles. The van der Waals surface area contributed by atoms with E-state index in [0.29, 0.717) is 18.8 Å². The highest BCUT2D eigenvalue weighted by molar-refractivity contribution is 5.35. The molecule has 0 saturated carbocycles. The molecule has 5 heteroatoms. The number of hydrogen-bond donors (Lipinski definition) is 1. The van der Waals surface area contributed by atoms with Crippen molar-refractivity contribution in [1.82, 2.24) is 14.8 Å². The Labute approximate surface area is 106 Å². The van der Waals surface area contributed by atoms with Crippen LogP contribution in [0.2, 0.25) is 0 Å². The van der Waals surface area contributed by atoms with Gasteiger partial charge in [-0.2, -0.15) is 5.10 Å². The summed E-state index contributed by atoms with van der Waals surface area (Å²) in [5, 5.41) is 13.9. The van der Waals surface area contributed by atoms with Gasteiger partial charge >= 0.3 is 0 Å². The zero-order valence-electron chi connectivity index (χ0n) is 10.6. The van der Waals surface area contributed by atoms with Crippen LogP contribution in [0, 0.1) is 0 Å². The molecule has 0 saturated heterocycles. The van der Waals surface area contributed by atoms with E-state index in [1.165, 1.54) is 6.33 Å². The quantitative estimate of drug-likeness (QED) is 0.875. The van der Waals surface area contributed by atoms with E-state index < -0.39 is 6.10 Å². The zero-order chi connectivity index (χ0) is 13.0. The summed E-state index contributed by atoms with van der Waals surface area (Å²) >= 11 is 0. The van der Waals surface area contributed by atoms with Gasteiger partial charge in [0.1, 0.15) is 18.7 Å². The lowest BCUT2D eigenvalue weighted by Gasteiger charge is -2.14. The maximum atomic E-state index is 9.91. The molecule has 1 aromatic heterocycles. The second kappa shape index (κ2) is 5.64. The van der Waals surface area contributed by atoms with Gasteiger partial charge in [0.05, 0.1) is 6.10 Å². The molecule has 0 spiro atoms. The van der Waals surface area contributed by atoms with Crippen molar-refractivity contribution >= 4 is 0 Å². The normalized spacial score (nSPS) is 12.4. The van der Waals surface area contributed by atoms with E-state index in [9.17, 15) is 5.11 Å². The second-order valence-electron chi connectivity index (χ2n) is 4.05. The molecule has 0 aliphatic carbocycles. The molecule has 96 valence electrons. The van der Waals surface area contributed by atoms with E-state index >= 15 is 0 Å². The third-order valence-electron chi connectivity index (χ3n) is 2.83. The molecular weight excluding hydrogens is 230 g/mol. The number of aromatic nitrogens is 3. The Morgan fingerprint density at radius 1 is 1.39 bits per heavy atom. The van der Waals surface area contributed by atoms with Crippen molar-refractivity contribution < 1.29 is 9.84 Å². The van der Waals surface area contributed by atoms with Crippen molar-refractivity contribution in [2.45, 2.75) is 26.1 Å². The molecule has 5 nitrogen and oxygen atoms in total. The van der Waals surface area contributed by atoms with Crippen molar-refractivity contribution in [1.29, 1.82) is 0 Å². The maximum absolute atomic E-state index is 9.91. The summed E-state index contributed by atoms with van der Waals surface area (Å²) in [4.78, 5) is 4.09. The van der Waals surface area contributed by atoms with Crippen molar-refractivity contribution in [3.63, 3.8) is 0 Å². The van der Waals surface area contributed by atoms with Crippen LogP contribution in [0.4, 0.5) is 0 Å². The van der Waals surface area contributed by atoms with Crippen molar-refractivity contribution in [2.75, 3.05) is 0 Å². The van der Waals surface area contributed by atoms with E-state index in [1.54, 1.807) is 4.68 Å². The van der Waals surface area contributed by atoms with E-state index in [2.05, 4.69) is 10.1 Å². The summed E-state index contributed by atoms with van der Waals surface area (Å²) in [5.41, 5.74) is 0.808. The molecule has 0 amide bonds. The highest BCUT2D eigenvalue weighted by atomic mass is 16.5. The van der Waals surface area contributed by atoms with E-state index in [0.717, 1.165) is 11.4 Å². The van der Waals surface area contributed by atoms with Crippen LogP contribution in [0.3, 0.4) is 0 Å². The molecule has 0 fully saturated rings. The van der Waals surface area contributed by atoms with Crippen molar-refractivity contribution in [3.8, 4) is 5.75 Å². The molecule has 2 rings (SSSR count). The fourth-order valence-electron chi connectivity index (χ4n) is 1.70.